The Morgan fingerprint density at radius 2 is 2.03 bits per heavy atom. The van der Waals surface area contributed by atoms with Crippen LogP contribution in [0.15, 0.2) is 41.2 Å². The van der Waals surface area contributed by atoms with Crippen molar-refractivity contribution in [1.29, 1.82) is 0 Å². The van der Waals surface area contributed by atoms with Crippen LogP contribution < -0.4 is 10.3 Å². The molecule has 3 aromatic rings. The Balaban J connectivity index is 1.60. The van der Waals surface area contributed by atoms with Crippen LogP contribution in [0.5, 0.6) is 5.75 Å². The fourth-order valence-electron chi connectivity index (χ4n) is 3.63. The van der Waals surface area contributed by atoms with Crippen LogP contribution in [0, 0.1) is 0 Å². The van der Waals surface area contributed by atoms with Crippen LogP contribution >= 0.6 is 11.6 Å². The molecule has 6 nitrogen and oxygen atoms in total. The fourth-order valence-corrected chi connectivity index (χ4v) is 3.83. The van der Waals surface area contributed by atoms with Gasteiger partial charge < -0.3 is 9.47 Å². The van der Waals surface area contributed by atoms with Crippen molar-refractivity contribution < 1.29 is 14.3 Å². The average molecular weight is 413 g/mol. The standard InChI is InChI=1S/C22H21ClN2O4/c1-28-19-9-7-16(23)11-15(19)13-29-22(27)14-6-8-17-18(12-14)24-20-5-3-2-4-10-25(20)21(17)26/h6-9,11-12H,2-5,10,13H2,1H3. The molecule has 1 aliphatic rings. The van der Waals surface area contributed by atoms with Crippen LogP contribution in [0.25, 0.3) is 10.9 Å². The molecule has 0 saturated carbocycles. The van der Waals surface area contributed by atoms with Gasteiger partial charge in [0.25, 0.3) is 5.56 Å². The lowest BCUT2D eigenvalue weighted by Gasteiger charge is -2.12. The van der Waals surface area contributed by atoms with E-state index in [1.54, 1.807) is 48.1 Å². The number of halogens is 1. The first-order chi connectivity index (χ1) is 14.1. The van der Waals surface area contributed by atoms with E-state index < -0.39 is 5.97 Å². The highest BCUT2D eigenvalue weighted by Crippen LogP contribution is 2.24. The van der Waals surface area contributed by atoms with Gasteiger partial charge in [-0.3, -0.25) is 9.36 Å². The number of nitrogens with zero attached hydrogens (tertiary/aromatic N) is 2. The highest BCUT2D eigenvalue weighted by atomic mass is 35.5. The quantitative estimate of drug-likeness (QED) is 0.602. The van der Waals surface area contributed by atoms with E-state index in [2.05, 4.69) is 4.98 Å². The van der Waals surface area contributed by atoms with Gasteiger partial charge in [-0.05, 0) is 49.2 Å². The van der Waals surface area contributed by atoms with Crippen molar-refractivity contribution >= 4 is 28.5 Å². The van der Waals surface area contributed by atoms with Crippen molar-refractivity contribution in [3.05, 3.63) is 68.7 Å². The van der Waals surface area contributed by atoms with E-state index >= 15 is 0 Å². The Morgan fingerprint density at radius 1 is 1.17 bits per heavy atom. The van der Waals surface area contributed by atoms with Crippen molar-refractivity contribution in [3.8, 4) is 5.75 Å². The maximum Gasteiger partial charge on any atom is 0.338 e. The molecule has 0 spiro atoms. The van der Waals surface area contributed by atoms with Crippen molar-refractivity contribution in [2.45, 2.75) is 38.8 Å². The number of esters is 1. The fraction of sp³-hybridized carbons (Fsp3) is 0.318. The second-order valence-corrected chi connectivity index (χ2v) is 7.50. The number of hydrogen-bond donors (Lipinski definition) is 0. The first kappa shape index (κ1) is 19.5. The number of carbonyl (C=O) groups excluding carboxylic acids is 1. The summed E-state index contributed by atoms with van der Waals surface area (Å²) >= 11 is 6.02. The van der Waals surface area contributed by atoms with E-state index in [1.807, 2.05) is 0 Å². The van der Waals surface area contributed by atoms with E-state index in [0.717, 1.165) is 31.5 Å². The first-order valence-corrected chi connectivity index (χ1v) is 9.97. The normalized spacial score (nSPS) is 13.6. The smallest absolute Gasteiger partial charge is 0.338 e. The molecule has 29 heavy (non-hydrogen) atoms. The summed E-state index contributed by atoms with van der Waals surface area (Å²) in [5.41, 5.74) is 1.51. The van der Waals surface area contributed by atoms with Gasteiger partial charge in [-0.25, -0.2) is 9.78 Å². The summed E-state index contributed by atoms with van der Waals surface area (Å²) in [5.74, 6) is 0.887. The summed E-state index contributed by atoms with van der Waals surface area (Å²) in [4.78, 5) is 30.0. The topological polar surface area (TPSA) is 70.4 Å². The number of rotatable bonds is 4. The zero-order valence-electron chi connectivity index (χ0n) is 16.1. The third-order valence-corrected chi connectivity index (χ3v) is 5.39. The monoisotopic (exact) mass is 412 g/mol. The van der Waals surface area contributed by atoms with Gasteiger partial charge in [-0.2, -0.15) is 0 Å². The number of hydrogen-bond acceptors (Lipinski definition) is 5. The minimum absolute atomic E-state index is 0.0286. The zero-order chi connectivity index (χ0) is 20.4. The second kappa shape index (κ2) is 8.25. The van der Waals surface area contributed by atoms with Crippen molar-refractivity contribution in [2.75, 3.05) is 7.11 Å². The Bertz CT molecular complexity index is 1140. The third-order valence-electron chi connectivity index (χ3n) is 5.15. The van der Waals surface area contributed by atoms with Gasteiger partial charge >= 0.3 is 5.97 Å². The predicted octanol–water partition coefficient (Wildman–Crippen LogP) is 4.14. The molecule has 0 saturated heterocycles. The SMILES string of the molecule is COc1ccc(Cl)cc1COC(=O)c1ccc2c(=O)n3c(nc2c1)CCCCC3. The molecular weight excluding hydrogens is 392 g/mol. The van der Waals surface area contributed by atoms with Gasteiger partial charge in [0.05, 0.1) is 23.6 Å². The minimum atomic E-state index is -0.495. The van der Waals surface area contributed by atoms with Crippen LogP contribution in [0.3, 0.4) is 0 Å². The lowest BCUT2D eigenvalue weighted by molar-refractivity contribution is 0.0470. The molecule has 1 aromatic heterocycles. The van der Waals surface area contributed by atoms with Crippen LogP contribution in [0.2, 0.25) is 5.02 Å². The number of methoxy groups -OCH3 is 1. The number of benzene rings is 2. The summed E-state index contributed by atoms with van der Waals surface area (Å²) in [6.07, 6.45) is 3.86. The molecule has 0 fully saturated rings. The first-order valence-electron chi connectivity index (χ1n) is 9.60. The Labute approximate surface area is 173 Å². The molecule has 0 unspecified atom stereocenters. The van der Waals surface area contributed by atoms with Crippen molar-refractivity contribution in [2.24, 2.45) is 0 Å². The number of aromatic nitrogens is 2. The van der Waals surface area contributed by atoms with Gasteiger partial charge in [0.2, 0.25) is 0 Å². The molecule has 0 bridgehead atoms. The van der Waals surface area contributed by atoms with E-state index in [-0.39, 0.29) is 12.2 Å². The molecule has 0 atom stereocenters. The summed E-state index contributed by atoms with van der Waals surface area (Å²) in [6.45, 7) is 0.725. The Kier molecular flexibility index (Phi) is 5.53. The van der Waals surface area contributed by atoms with E-state index in [4.69, 9.17) is 21.1 Å². The number of aryl methyl sites for hydroxylation is 1. The maximum absolute atomic E-state index is 12.8. The Morgan fingerprint density at radius 3 is 2.86 bits per heavy atom. The summed E-state index contributed by atoms with van der Waals surface area (Å²) in [5, 5.41) is 1.05. The van der Waals surface area contributed by atoms with Crippen LogP contribution in [0.1, 0.15) is 41.0 Å². The summed E-state index contributed by atoms with van der Waals surface area (Å²) in [6, 6.07) is 10.0. The maximum atomic E-state index is 12.8. The summed E-state index contributed by atoms with van der Waals surface area (Å²) < 4.78 is 12.5. The van der Waals surface area contributed by atoms with Gasteiger partial charge in [0, 0.05) is 23.6 Å². The highest BCUT2D eigenvalue weighted by molar-refractivity contribution is 6.30. The minimum Gasteiger partial charge on any atom is -0.496 e. The molecule has 150 valence electrons. The molecule has 0 radical (unpaired) electrons. The average Bonchev–Trinajstić information content (AvgIpc) is 2.97. The predicted molar refractivity (Wildman–Crippen MR) is 111 cm³/mol. The van der Waals surface area contributed by atoms with E-state index in [9.17, 15) is 9.59 Å². The van der Waals surface area contributed by atoms with Gasteiger partial charge in [-0.15, -0.1) is 0 Å². The zero-order valence-corrected chi connectivity index (χ0v) is 16.9. The molecule has 4 rings (SSSR count). The molecule has 0 amide bonds. The second-order valence-electron chi connectivity index (χ2n) is 7.06. The molecule has 1 aliphatic heterocycles. The van der Waals surface area contributed by atoms with Crippen LogP contribution in [-0.2, 0) is 24.3 Å². The van der Waals surface area contributed by atoms with Crippen molar-refractivity contribution in [3.63, 3.8) is 0 Å². The Hall–Kier alpha value is -2.86. The van der Waals surface area contributed by atoms with Crippen molar-refractivity contribution in [1.82, 2.24) is 9.55 Å². The highest BCUT2D eigenvalue weighted by Gasteiger charge is 2.16. The molecule has 2 heterocycles. The van der Waals surface area contributed by atoms with E-state index in [0.29, 0.717) is 39.3 Å². The van der Waals surface area contributed by atoms with E-state index in [1.165, 1.54) is 0 Å². The number of fused-ring (bicyclic) bond motifs is 2. The van der Waals surface area contributed by atoms with Crippen LogP contribution in [0.4, 0.5) is 0 Å². The number of carbonyl (C=O) groups is 1. The van der Waals surface area contributed by atoms with Gasteiger partial charge in [0.1, 0.15) is 18.2 Å². The number of ether oxygens (including phenoxy) is 2. The lowest BCUT2D eigenvalue weighted by Crippen LogP contribution is -2.24. The molecule has 2 aromatic carbocycles. The molecular formula is C22H21ClN2O4. The molecule has 7 heteroatoms. The largest absolute Gasteiger partial charge is 0.496 e. The lowest BCUT2D eigenvalue weighted by atomic mass is 10.1. The van der Waals surface area contributed by atoms with Crippen LogP contribution in [-0.4, -0.2) is 22.6 Å². The molecule has 0 N–H and O–H groups in total. The summed E-state index contributed by atoms with van der Waals surface area (Å²) in [7, 11) is 1.55. The van der Waals surface area contributed by atoms with Gasteiger partial charge in [0.15, 0.2) is 0 Å². The third kappa shape index (κ3) is 3.98. The van der Waals surface area contributed by atoms with Gasteiger partial charge in [-0.1, -0.05) is 18.0 Å². The molecule has 0 aliphatic carbocycles.